The van der Waals surface area contributed by atoms with Gasteiger partial charge in [-0.15, -0.1) is 0 Å². The van der Waals surface area contributed by atoms with Crippen molar-refractivity contribution in [3.63, 3.8) is 0 Å². The standard InChI is InChI=1S/C14H23FN2O/c1-4-16-10-12-6-5-7-13(15)14(12)17(3)9-8-11(2)18/h5-7,11,16,18H,4,8-10H2,1-3H3. The molecule has 18 heavy (non-hydrogen) atoms. The number of nitrogens with zero attached hydrogens (tertiary/aromatic N) is 1. The highest BCUT2D eigenvalue weighted by molar-refractivity contribution is 5.54. The molecule has 1 aromatic rings. The molecule has 1 unspecified atom stereocenters. The lowest BCUT2D eigenvalue weighted by Crippen LogP contribution is -2.25. The highest BCUT2D eigenvalue weighted by atomic mass is 19.1. The third-order valence-electron chi connectivity index (χ3n) is 2.90. The van der Waals surface area contributed by atoms with Crippen LogP contribution in [0.15, 0.2) is 18.2 Å². The van der Waals surface area contributed by atoms with Crippen LogP contribution >= 0.6 is 0 Å². The number of para-hydroxylation sites is 1. The van der Waals surface area contributed by atoms with Gasteiger partial charge in [-0.1, -0.05) is 19.1 Å². The summed E-state index contributed by atoms with van der Waals surface area (Å²) in [5, 5.41) is 12.5. The molecule has 1 aromatic carbocycles. The van der Waals surface area contributed by atoms with Crippen molar-refractivity contribution in [3.8, 4) is 0 Å². The Morgan fingerprint density at radius 1 is 1.44 bits per heavy atom. The van der Waals surface area contributed by atoms with Gasteiger partial charge in [-0.25, -0.2) is 4.39 Å². The fraction of sp³-hybridized carbons (Fsp3) is 0.571. The van der Waals surface area contributed by atoms with Crippen LogP contribution in [0.25, 0.3) is 0 Å². The van der Waals surface area contributed by atoms with Crippen LogP contribution in [0.4, 0.5) is 10.1 Å². The van der Waals surface area contributed by atoms with Crippen molar-refractivity contribution < 1.29 is 9.50 Å². The fourth-order valence-corrected chi connectivity index (χ4v) is 1.88. The van der Waals surface area contributed by atoms with Crippen LogP contribution in [0.5, 0.6) is 0 Å². The molecule has 1 rings (SSSR count). The molecule has 0 aromatic heterocycles. The summed E-state index contributed by atoms with van der Waals surface area (Å²) in [6, 6.07) is 5.14. The smallest absolute Gasteiger partial charge is 0.146 e. The maximum atomic E-state index is 13.9. The Labute approximate surface area is 109 Å². The van der Waals surface area contributed by atoms with Crippen LogP contribution in [0, 0.1) is 5.82 Å². The number of nitrogens with one attached hydrogen (secondary N) is 1. The average Bonchev–Trinajstić information content (AvgIpc) is 2.33. The van der Waals surface area contributed by atoms with Crippen LogP contribution in [0.1, 0.15) is 25.8 Å². The zero-order valence-corrected chi connectivity index (χ0v) is 11.4. The van der Waals surface area contributed by atoms with Crippen LogP contribution in [0.2, 0.25) is 0 Å². The van der Waals surface area contributed by atoms with Gasteiger partial charge in [0.1, 0.15) is 5.82 Å². The van der Waals surface area contributed by atoms with E-state index in [-0.39, 0.29) is 11.9 Å². The first kappa shape index (κ1) is 14.9. The maximum Gasteiger partial charge on any atom is 0.146 e. The Balaban J connectivity index is 2.83. The fourth-order valence-electron chi connectivity index (χ4n) is 1.88. The molecule has 1 atom stereocenters. The Morgan fingerprint density at radius 3 is 2.78 bits per heavy atom. The van der Waals surface area contributed by atoms with E-state index in [0.29, 0.717) is 25.2 Å². The molecular formula is C14H23FN2O. The maximum absolute atomic E-state index is 13.9. The number of anilines is 1. The average molecular weight is 254 g/mol. The molecule has 0 saturated carbocycles. The summed E-state index contributed by atoms with van der Waals surface area (Å²) < 4.78 is 13.9. The Bertz CT molecular complexity index is 369. The third kappa shape index (κ3) is 4.27. The van der Waals surface area contributed by atoms with Gasteiger partial charge in [0.25, 0.3) is 0 Å². The van der Waals surface area contributed by atoms with Gasteiger partial charge in [0.2, 0.25) is 0 Å². The molecule has 4 heteroatoms. The molecule has 3 nitrogen and oxygen atoms in total. The van der Waals surface area contributed by atoms with Gasteiger partial charge < -0.3 is 15.3 Å². The summed E-state index contributed by atoms with van der Waals surface area (Å²) in [6.07, 6.45) is 0.266. The lowest BCUT2D eigenvalue weighted by Gasteiger charge is -2.23. The van der Waals surface area contributed by atoms with Crippen LogP contribution in [0.3, 0.4) is 0 Å². The minimum absolute atomic E-state index is 0.210. The SMILES string of the molecule is CCNCc1cccc(F)c1N(C)CCC(C)O. The second-order valence-corrected chi connectivity index (χ2v) is 4.59. The molecule has 0 radical (unpaired) electrons. The van der Waals surface area contributed by atoms with Crippen molar-refractivity contribution in [2.45, 2.75) is 32.9 Å². The van der Waals surface area contributed by atoms with Gasteiger partial charge in [-0.05, 0) is 31.5 Å². The normalized spacial score (nSPS) is 12.5. The zero-order valence-electron chi connectivity index (χ0n) is 11.4. The van der Waals surface area contributed by atoms with E-state index in [4.69, 9.17) is 0 Å². The van der Waals surface area contributed by atoms with Crippen molar-refractivity contribution >= 4 is 5.69 Å². The monoisotopic (exact) mass is 254 g/mol. The van der Waals surface area contributed by atoms with Gasteiger partial charge >= 0.3 is 0 Å². The minimum atomic E-state index is -0.364. The number of hydrogen-bond donors (Lipinski definition) is 2. The van der Waals surface area contributed by atoms with Crippen molar-refractivity contribution in [2.24, 2.45) is 0 Å². The van der Waals surface area contributed by atoms with Gasteiger partial charge in [0.15, 0.2) is 0 Å². The number of halogens is 1. The summed E-state index contributed by atoms with van der Waals surface area (Å²) in [5.74, 6) is -0.210. The molecular weight excluding hydrogens is 231 g/mol. The molecule has 102 valence electrons. The number of aliphatic hydroxyl groups is 1. The molecule has 0 bridgehead atoms. The van der Waals surface area contributed by atoms with Gasteiger partial charge in [0, 0.05) is 20.1 Å². The molecule has 0 fully saturated rings. The predicted molar refractivity (Wildman–Crippen MR) is 73.3 cm³/mol. The summed E-state index contributed by atoms with van der Waals surface area (Å²) in [5.41, 5.74) is 1.57. The number of benzene rings is 1. The number of rotatable bonds is 7. The van der Waals surface area contributed by atoms with Crippen LogP contribution in [-0.2, 0) is 6.54 Å². The molecule has 0 aliphatic heterocycles. The van der Waals surface area contributed by atoms with E-state index in [1.54, 1.807) is 13.0 Å². The van der Waals surface area contributed by atoms with Gasteiger partial charge in [-0.3, -0.25) is 0 Å². The molecule has 0 amide bonds. The topological polar surface area (TPSA) is 35.5 Å². The predicted octanol–water partition coefficient (Wildman–Crippen LogP) is 2.14. The van der Waals surface area contributed by atoms with E-state index in [2.05, 4.69) is 5.32 Å². The zero-order chi connectivity index (χ0) is 13.5. The molecule has 0 aliphatic carbocycles. The highest BCUT2D eigenvalue weighted by Crippen LogP contribution is 2.23. The second kappa shape index (κ2) is 7.34. The molecule has 0 spiro atoms. The first-order chi connectivity index (χ1) is 8.56. The van der Waals surface area contributed by atoms with Gasteiger partial charge in [-0.2, -0.15) is 0 Å². The first-order valence-corrected chi connectivity index (χ1v) is 6.43. The van der Waals surface area contributed by atoms with Crippen LogP contribution < -0.4 is 10.2 Å². The van der Waals surface area contributed by atoms with Crippen molar-refractivity contribution in [1.82, 2.24) is 5.32 Å². The summed E-state index contributed by atoms with van der Waals surface area (Å²) in [6.45, 7) is 5.92. The van der Waals surface area contributed by atoms with Crippen molar-refractivity contribution in [1.29, 1.82) is 0 Å². The third-order valence-corrected chi connectivity index (χ3v) is 2.90. The molecule has 0 aliphatic rings. The summed E-state index contributed by atoms with van der Waals surface area (Å²) in [7, 11) is 1.86. The highest BCUT2D eigenvalue weighted by Gasteiger charge is 2.13. The van der Waals surface area contributed by atoms with E-state index in [9.17, 15) is 9.50 Å². The molecule has 2 N–H and O–H groups in total. The van der Waals surface area contributed by atoms with E-state index >= 15 is 0 Å². The quantitative estimate of drug-likeness (QED) is 0.782. The molecule has 0 heterocycles. The van der Waals surface area contributed by atoms with E-state index in [0.717, 1.165) is 12.1 Å². The number of aliphatic hydroxyl groups excluding tert-OH is 1. The summed E-state index contributed by atoms with van der Waals surface area (Å²) in [4.78, 5) is 1.87. The second-order valence-electron chi connectivity index (χ2n) is 4.59. The van der Waals surface area contributed by atoms with Crippen molar-refractivity contribution in [2.75, 3.05) is 25.0 Å². The number of hydrogen-bond acceptors (Lipinski definition) is 3. The lowest BCUT2D eigenvalue weighted by atomic mass is 10.1. The Hall–Kier alpha value is -1.13. The Kier molecular flexibility index (Phi) is 6.09. The largest absolute Gasteiger partial charge is 0.393 e. The van der Waals surface area contributed by atoms with E-state index in [1.807, 2.05) is 24.9 Å². The van der Waals surface area contributed by atoms with E-state index in [1.165, 1.54) is 6.07 Å². The Morgan fingerprint density at radius 2 is 2.17 bits per heavy atom. The van der Waals surface area contributed by atoms with Crippen LogP contribution in [-0.4, -0.2) is 31.3 Å². The van der Waals surface area contributed by atoms with E-state index < -0.39 is 0 Å². The lowest BCUT2D eigenvalue weighted by molar-refractivity contribution is 0.186. The van der Waals surface area contributed by atoms with Crippen molar-refractivity contribution in [3.05, 3.63) is 29.6 Å². The van der Waals surface area contributed by atoms with Gasteiger partial charge in [0.05, 0.1) is 11.8 Å². The molecule has 0 saturated heterocycles. The summed E-state index contributed by atoms with van der Waals surface area (Å²) >= 11 is 0. The minimum Gasteiger partial charge on any atom is -0.393 e. The first-order valence-electron chi connectivity index (χ1n) is 6.43.